The molecule has 1 atom stereocenters. The van der Waals surface area contributed by atoms with E-state index in [1.807, 2.05) is 6.07 Å². The minimum atomic E-state index is 0.00266. The van der Waals surface area contributed by atoms with Gasteiger partial charge in [-0.3, -0.25) is 4.99 Å². The summed E-state index contributed by atoms with van der Waals surface area (Å²) in [5, 5.41) is 16.1. The number of guanidine groups is 1. The summed E-state index contributed by atoms with van der Waals surface area (Å²) in [7, 11) is 1.78. The van der Waals surface area contributed by atoms with E-state index in [1.165, 1.54) is 15.4 Å². The Morgan fingerprint density at radius 1 is 1.11 bits per heavy atom. The molecule has 1 fully saturated rings. The standard InChI is InChI=1S/C22H29N3O2S/c1-23-21(25-16-22(11-13-26)12-14-27-17-22)24-15-18-7-9-20(10-8-18)28-19-5-3-2-4-6-19/h2-10,26H,11-17H2,1H3,(H2,23,24,25). The molecule has 0 saturated carbocycles. The highest BCUT2D eigenvalue weighted by molar-refractivity contribution is 7.99. The van der Waals surface area contributed by atoms with Gasteiger partial charge in [-0.25, -0.2) is 0 Å². The maximum atomic E-state index is 9.35. The summed E-state index contributed by atoms with van der Waals surface area (Å²) < 4.78 is 5.55. The fourth-order valence-corrected chi connectivity index (χ4v) is 4.13. The summed E-state index contributed by atoms with van der Waals surface area (Å²) in [5.74, 6) is 0.770. The smallest absolute Gasteiger partial charge is 0.191 e. The Labute approximate surface area is 171 Å². The number of nitrogens with one attached hydrogen (secondary N) is 2. The summed E-state index contributed by atoms with van der Waals surface area (Å²) in [5.41, 5.74) is 1.21. The van der Waals surface area contributed by atoms with Crippen LogP contribution in [0.2, 0.25) is 0 Å². The highest BCUT2D eigenvalue weighted by atomic mass is 32.2. The normalized spacial score (nSPS) is 19.6. The first-order chi connectivity index (χ1) is 13.7. The molecule has 1 aliphatic rings. The number of aliphatic imine (C=N–C) groups is 1. The van der Waals surface area contributed by atoms with Crippen molar-refractivity contribution in [3.05, 3.63) is 60.2 Å². The van der Waals surface area contributed by atoms with E-state index in [0.717, 1.165) is 32.0 Å². The van der Waals surface area contributed by atoms with Crippen molar-refractivity contribution in [2.24, 2.45) is 10.4 Å². The molecule has 0 amide bonds. The predicted molar refractivity (Wildman–Crippen MR) is 115 cm³/mol. The van der Waals surface area contributed by atoms with Gasteiger partial charge >= 0.3 is 0 Å². The Morgan fingerprint density at radius 3 is 2.50 bits per heavy atom. The molecule has 1 aliphatic heterocycles. The van der Waals surface area contributed by atoms with Gasteiger partial charge < -0.3 is 20.5 Å². The highest BCUT2D eigenvalue weighted by Crippen LogP contribution is 2.31. The van der Waals surface area contributed by atoms with Gasteiger partial charge in [0, 0.05) is 48.6 Å². The van der Waals surface area contributed by atoms with Crippen LogP contribution in [-0.4, -0.2) is 44.5 Å². The molecule has 0 radical (unpaired) electrons. The monoisotopic (exact) mass is 399 g/mol. The average molecular weight is 400 g/mol. The second-order valence-corrected chi connectivity index (χ2v) is 8.26. The van der Waals surface area contributed by atoms with Gasteiger partial charge in [0.05, 0.1) is 6.61 Å². The lowest BCUT2D eigenvalue weighted by Gasteiger charge is -2.27. The van der Waals surface area contributed by atoms with Crippen LogP contribution in [0.25, 0.3) is 0 Å². The van der Waals surface area contributed by atoms with Crippen molar-refractivity contribution < 1.29 is 9.84 Å². The van der Waals surface area contributed by atoms with E-state index >= 15 is 0 Å². The molecule has 0 bridgehead atoms. The molecule has 1 unspecified atom stereocenters. The van der Waals surface area contributed by atoms with Gasteiger partial charge in [0.25, 0.3) is 0 Å². The summed E-state index contributed by atoms with van der Waals surface area (Å²) in [6, 6.07) is 19.0. The number of hydrogen-bond donors (Lipinski definition) is 3. The van der Waals surface area contributed by atoms with Gasteiger partial charge in [-0.2, -0.15) is 0 Å². The Kier molecular flexibility index (Phi) is 7.77. The first kappa shape index (κ1) is 20.7. The van der Waals surface area contributed by atoms with Gasteiger partial charge in [0.2, 0.25) is 0 Å². The van der Waals surface area contributed by atoms with E-state index in [2.05, 4.69) is 64.2 Å². The zero-order valence-corrected chi connectivity index (χ0v) is 17.2. The Bertz CT molecular complexity index is 744. The van der Waals surface area contributed by atoms with E-state index in [0.29, 0.717) is 13.2 Å². The van der Waals surface area contributed by atoms with Crippen LogP contribution in [0.15, 0.2) is 69.4 Å². The molecule has 3 N–H and O–H groups in total. The molecule has 0 aliphatic carbocycles. The maximum Gasteiger partial charge on any atom is 0.191 e. The average Bonchev–Trinajstić information content (AvgIpc) is 3.19. The topological polar surface area (TPSA) is 65.9 Å². The van der Waals surface area contributed by atoms with E-state index < -0.39 is 0 Å². The SMILES string of the molecule is CN=C(NCc1ccc(Sc2ccccc2)cc1)NCC1(CCO)CCOC1. The number of nitrogens with zero attached hydrogens (tertiary/aromatic N) is 1. The third-order valence-corrected chi connectivity index (χ3v) is 6.06. The molecule has 28 heavy (non-hydrogen) atoms. The molecule has 1 heterocycles. The van der Waals surface area contributed by atoms with Crippen LogP contribution in [0.4, 0.5) is 0 Å². The summed E-state index contributed by atoms with van der Waals surface area (Å²) in [4.78, 5) is 6.78. The summed E-state index contributed by atoms with van der Waals surface area (Å²) in [6.45, 7) is 3.10. The van der Waals surface area contributed by atoms with Crippen LogP contribution in [0, 0.1) is 5.41 Å². The van der Waals surface area contributed by atoms with Crippen molar-refractivity contribution in [3.8, 4) is 0 Å². The lowest BCUT2D eigenvalue weighted by Crippen LogP contribution is -2.44. The van der Waals surface area contributed by atoms with Gasteiger partial charge in [0.15, 0.2) is 5.96 Å². The van der Waals surface area contributed by atoms with Crippen LogP contribution >= 0.6 is 11.8 Å². The van der Waals surface area contributed by atoms with Crippen molar-refractivity contribution in [2.45, 2.75) is 29.2 Å². The van der Waals surface area contributed by atoms with Crippen molar-refractivity contribution in [3.63, 3.8) is 0 Å². The van der Waals surface area contributed by atoms with E-state index in [-0.39, 0.29) is 12.0 Å². The highest BCUT2D eigenvalue weighted by Gasteiger charge is 2.34. The number of ether oxygens (including phenoxy) is 1. The van der Waals surface area contributed by atoms with Gasteiger partial charge in [0.1, 0.15) is 0 Å². The lowest BCUT2D eigenvalue weighted by molar-refractivity contribution is 0.127. The largest absolute Gasteiger partial charge is 0.396 e. The summed E-state index contributed by atoms with van der Waals surface area (Å²) in [6.07, 6.45) is 1.72. The van der Waals surface area contributed by atoms with Crippen LogP contribution in [-0.2, 0) is 11.3 Å². The Morgan fingerprint density at radius 2 is 1.86 bits per heavy atom. The Hall–Kier alpha value is -2.02. The molecular weight excluding hydrogens is 370 g/mol. The number of rotatable bonds is 8. The molecule has 2 aromatic rings. The Balaban J connectivity index is 1.48. The molecule has 0 spiro atoms. The molecule has 5 nitrogen and oxygen atoms in total. The predicted octanol–water partition coefficient (Wildman–Crippen LogP) is 3.29. The third-order valence-electron chi connectivity index (χ3n) is 5.04. The fraction of sp³-hybridized carbons (Fsp3) is 0.409. The van der Waals surface area contributed by atoms with Crippen LogP contribution < -0.4 is 10.6 Å². The van der Waals surface area contributed by atoms with E-state index in [4.69, 9.17) is 4.74 Å². The first-order valence-electron chi connectivity index (χ1n) is 9.68. The second kappa shape index (κ2) is 10.5. The van der Waals surface area contributed by atoms with Crippen molar-refractivity contribution in [1.82, 2.24) is 10.6 Å². The van der Waals surface area contributed by atoms with Crippen LogP contribution in [0.3, 0.4) is 0 Å². The lowest BCUT2D eigenvalue weighted by atomic mass is 9.84. The molecule has 150 valence electrons. The zero-order chi connectivity index (χ0) is 19.7. The maximum absolute atomic E-state index is 9.35. The molecule has 0 aromatic heterocycles. The number of benzene rings is 2. The van der Waals surface area contributed by atoms with Gasteiger partial charge in [-0.1, -0.05) is 42.1 Å². The number of aliphatic hydroxyl groups is 1. The fourth-order valence-electron chi connectivity index (χ4n) is 3.29. The van der Waals surface area contributed by atoms with Crippen molar-refractivity contribution in [2.75, 3.05) is 33.4 Å². The third kappa shape index (κ3) is 5.99. The molecule has 3 rings (SSSR count). The second-order valence-electron chi connectivity index (χ2n) is 7.11. The molecule has 1 saturated heterocycles. The number of hydrogen-bond acceptors (Lipinski definition) is 4. The first-order valence-corrected chi connectivity index (χ1v) is 10.5. The molecule has 2 aromatic carbocycles. The van der Waals surface area contributed by atoms with E-state index in [9.17, 15) is 5.11 Å². The van der Waals surface area contributed by atoms with Crippen LogP contribution in [0.5, 0.6) is 0 Å². The van der Waals surface area contributed by atoms with Gasteiger partial charge in [-0.15, -0.1) is 0 Å². The zero-order valence-electron chi connectivity index (χ0n) is 16.4. The quantitative estimate of drug-likeness (QED) is 0.470. The minimum absolute atomic E-state index is 0.00266. The minimum Gasteiger partial charge on any atom is -0.396 e. The molecular formula is C22H29N3O2S. The molecule has 6 heteroatoms. The van der Waals surface area contributed by atoms with Gasteiger partial charge in [-0.05, 0) is 42.7 Å². The van der Waals surface area contributed by atoms with E-state index in [1.54, 1.807) is 18.8 Å². The summed E-state index contributed by atoms with van der Waals surface area (Å²) >= 11 is 1.76. The number of aliphatic hydroxyl groups excluding tert-OH is 1. The van der Waals surface area contributed by atoms with Crippen LogP contribution in [0.1, 0.15) is 18.4 Å². The van der Waals surface area contributed by atoms with Crippen molar-refractivity contribution >= 4 is 17.7 Å². The van der Waals surface area contributed by atoms with Crippen molar-refractivity contribution in [1.29, 1.82) is 0 Å².